The van der Waals surface area contributed by atoms with E-state index >= 15 is 0 Å². The highest BCUT2D eigenvalue weighted by molar-refractivity contribution is 7.89. The van der Waals surface area contributed by atoms with E-state index in [4.69, 9.17) is 4.42 Å². The van der Waals surface area contributed by atoms with E-state index in [1.54, 1.807) is 32.2 Å². The molecule has 0 bridgehead atoms. The van der Waals surface area contributed by atoms with Crippen molar-refractivity contribution < 1.29 is 17.6 Å². The van der Waals surface area contributed by atoms with Crippen molar-refractivity contribution in [2.75, 3.05) is 18.4 Å². The molecule has 0 fully saturated rings. The number of hydrogen-bond donors (Lipinski definition) is 1. The molecule has 1 amide bonds. The average Bonchev–Trinajstić information content (AvgIpc) is 3.28. The van der Waals surface area contributed by atoms with Gasteiger partial charge in [0, 0.05) is 37.2 Å². The number of amides is 1. The normalized spacial score (nSPS) is 11.8. The second kappa shape index (κ2) is 10.8. The van der Waals surface area contributed by atoms with Crippen LogP contribution in [-0.2, 0) is 21.2 Å². The van der Waals surface area contributed by atoms with E-state index in [0.29, 0.717) is 42.8 Å². The zero-order chi connectivity index (χ0) is 24.0. The number of carbonyl (C=O) groups is 1. The maximum Gasteiger partial charge on any atom is 0.243 e. The van der Waals surface area contributed by atoms with Crippen molar-refractivity contribution in [1.82, 2.24) is 9.29 Å². The van der Waals surface area contributed by atoms with Crippen molar-refractivity contribution >= 4 is 21.6 Å². The summed E-state index contributed by atoms with van der Waals surface area (Å²) in [6.07, 6.45) is 2.24. The first-order valence-corrected chi connectivity index (χ1v) is 12.6. The van der Waals surface area contributed by atoms with Crippen LogP contribution in [0.4, 0.5) is 5.69 Å². The summed E-state index contributed by atoms with van der Waals surface area (Å²) in [7, 11) is -3.52. The van der Waals surface area contributed by atoms with Crippen LogP contribution in [0.3, 0.4) is 0 Å². The maximum atomic E-state index is 12.6. The molecule has 0 saturated heterocycles. The SMILES string of the molecule is CCN(CC)S(=O)(=O)c1ccc(NC(=O)CCc2ncc(-c3ccc(C(C)C)cc3)o2)cc1. The Hall–Kier alpha value is -2.97. The van der Waals surface area contributed by atoms with Gasteiger partial charge in [0.25, 0.3) is 0 Å². The summed E-state index contributed by atoms with van der Waals surface area (Å²) in [5, 5.41) is 2.79. The topological polar surface area (TPSA) is 92.5 Å². The Labute approximate surface area is 195 Å². The number of hydrogen-bond acceptors (Lipinski definition) is 5. The first-order chi connectivity index (χ1) is 15.7. The van der Waals surface area contributed by atoms with Gasteiger partial charge in [0.05, 0.1) is 11.1 Å². The quantitative estimate of drug-likeness (QED) is 0.448. The summed E-state index contributed by atoms with van der Waals surface area (Å²) < 4.78 is 32.3. The molecule has 0 atom stereocenters. The van der Waals surface area contributed by atoms with Crippen LogP contribution in [0.15, 0.2) is 64.0 Å². The van der Waals surface area contributed by atoms with Crippen LogP contribution in [0.2, 0.25) is 0 Å². The van der Waals surface area contributed by atoms with Gasteiger partial charge < -0.3 is 9.73 Å². The standard InChI is InChI=1S/C25H31N3O4S/c1-5-28(6-2)33(30,31)22-13-11-21(12-14-22)27-24(29)15-16-25-26-17-23(32-25)20-9-7-19(8-10-20)18(3)4/h7-14,17-18H,5-6,15-16H2,1-4H3,(H,27,29). The smallest absolute Gasteiger partial charge is 0.243 e. The van der Waals surface area contributed by atoms with Crippen molar-refractivity contribution in [3.63, 3.8) is 0 Å². The number of oxazole rings is 1. The van der Waals surface area contributed by atoms with Crippen molar-refractivity contribution in [3.8, 4) is 11.3 Å². The Morgan fingerprint density at radius 3 is 2.24 bits per heavy atom. The fraction of sp³-hybridized carbons (Fsp3) is 0.360. The molecule has 2 aromatic carbocycles. The molecule has 0 aliphatic heterocycles. The summed E-state index contributed by atoms with van der Waals surface area (Å²) in [6.45, 7) is 8.71. The number of anilines is 1. The lowest BCUT2D eigenvalue weighted by Gasteiger charge is -2.18. The minimum Gasteiger partial charge on any atom is -0.441 e. The molecule has 0 radical (unpaired) electrons. The Bertz CT molecular complexity index is 1160. The largest absolute Gasteiger partial charge is 0.441 e. The number of aromatic nitrogens is 1. The minimum atomic E-state index is -3.52. The molecule has 33 heavy (non-hydrogen) atoms. The zero-order valence-corrected chi connectivity index (χ0v) is 20.4. The van der Waals surface area contributed by atoms with Crippen LogP contribution in [0, 0.1) is 0 Å². The number of nitrogens with one attached hydrogen (secondary N) is 1. The van der Waals surface area contributed by atoms with E-state index in [9.17, 15) is 13.2 Å². The monoisotopic (exact) mass is 469 g/mol. The van der Waals surface area contributed by atoms with Gasteiger partial charge in [-0.2, -0.15) is 4.31 Å². The van der Waals surface area contributed by atoms with E-state index in [1.165, 1.54) is 22.0 Å². The van der Waals surface area contributed by atoms with Gasteiger partial charge in [-0.05, 0) is 35.7 Å². The Morgan fingerprint density at radius 2 is 1.67 bits per heavy atom. The van der Waals surface area contributed by atoms with Crippen LogP contribution in [0.1, 0.15) is 51.5 Å². The molecular formula is C25H31N3O4S. The predicted octanol–water partition coefficient (Wildman–Crippen LogP) is 5.07. The van der Waals surface area contributed by atoms with E-state index < -0.39 is 10.0 Å². The Kier molecular flexibility index (Phi) is 8.05. The van der Waals surface area contributed by atoms with E-state index in [-0.39, 0.29) is 17.2 Å². The van der Waals surface area contributed by atoms with Crippen LogP contribution in [0.5, 0.6) is 0 Å². The molecule has 7 nitrogen and oxygen atoms in total. The summed E-state index contributed by atoms with van der Waals surface area (Å²) in [5.41, 5.74) is 2.74. The number of sulfonamides is 1. The lowest BCUT2D eigenvalue weighted by molar-refractivity contribution is -0.116. The van der Waals surface area contributed by atoms with E-state index in [0.717, 1.165) is 5.56 Å². The van der Waals surface area contributed by atoms with Gasteiger partial charge >= 0.3 is 0 Å². The van der Waals surface area contributed by atoms with Crippen LogP contribution in [0.25, 0.3) is 11.3 Å². The summed E-state index contributed by atoms with van der Waals surface area (Å²) >= 11 is 0. The van der Waals surface area contributed by atoms with Crippen molar-refractivity contribution in [2.24, 2.45) is 0 Å². The third-order valence-electron chi connectivity index (χ3n) is 5.46. The lowest BCUT2D eigenvalue weighted by Crippen LogP contribution is -2.30. The summed E-state index contributed by atoms with van der Waals surface area (Å²) in [4.78, 5) is 16.8. The minimum absolute atomic E-state index is 0.199. The fourth-order valence-electron chi connectivity index (χ4n) is 3.46. The molecule has 0 aliphatic rings. The average molecular weight is 470 g/mol. The third kappa shape index (κ3) is 6.09. The molecule has 0 saturated carbocycles. The molecule has 0 unspecified atom stereocenters. The van der Waals surface area contributed by atoms with Gasteiger partial charge in [-0.1, -0.05) is 52.0 Å². The maximum absolute atomic E-state index is 12.6. The highest BCUT2D eigenvalue weighted by Gasteiger charge is 2.21. The lowest BCUT2D eigenvalue weighted by atomic mass is 10.0. The molecule has 3 rings (SSSR count). The zero-order valence-electron chi connectivity index (χ0n) is 19.5. The number of carbonyl (C=O) groups excluding carboxylic acids is 1. The van der Waals surface area contributed by atoms with Crippen LogP contribution in [-0.4, -0.2) is 36.7 Å². The van der Waals surface area contributed by atoms with Crippen molar-refractivity contribution in [3.05, 3.63) is 66.2 Å². The van der Waals surface area contributed by atoms with Gasteiger partial charge in [-0.25, -0.2) is 13.4 Å². The van der Waals surface area contributed by atoms with Gasteiger partial charge in [-0.15, -0.1) is 0 Å². The number of rotatable bonds is 10. The summed E-state index contributed by atoms with van der Waals surface area (Å²) in [5.74, 6) is 1.43. The van der Waals surface area contributed by atoms with Gasteiger partial charge in [0.1, 0.15) is 0 Å². The third-order valence-corrected chi connectivity index (χ3v) is 7.53. The van der Waals surface area contributed by atoms with E-state index in [2.05, 4.69) is 36.3 Å². The Balaban J connectivity index is 1.56. The molecule has 1 N–H and O–H groups in total. The van der Waals surface area contributed by atoms with Crippen LogP contribution >= 0.6 is 0 Å². The molecule has 1 aromatic heterocycles. The highest BCUT2D eigenvalue weighted by Crippen LogP contribution is 2.24. The predicted molar refractivity (Wildman–Crippen MR) is 130 cm³/mol. The van der Waals surface area contributed by atoms with Crippen molar-refractivity contribution in [1.29, 1.82) is 0 Å². The first-order valence-electron chi connectivity index (χ1n) is 11.2. The molecule has 0 aliphatic carbocycles. The summed E-state index contributed by atoms with van der Waals surface area (Å²) in [6, 6.07) is 14.4. The molecular weight excluding hydrogens is 438 g/mol. The van der Waals surface area contributed by atoms with Gasteiger partial charge in [0.2, 0.25) is 15.9 Å². The van der Waals surface area contributed by atoms with Crippen molar-refractivity contribution in [2.45, 2.75) is 51.3 Å². The number of benzene rings is 2. The molecule has 176 valence electrons. The molecule has 8 heteroatoms. The number of nitrogens with zero attached hydrogens (tertiary/aromatic N) is 2. The van der Waals surface area contributed by atoms with Gasteiger partial charge in [-0.3, -0.25) is 4.79 Å². The second-order valence-electron chi connectivity index (χ2n) is 8.06. The second-order valence-corrected chi connectivity index (χ2v) is 9.99. The highest BCUT2D eigenvalue weighted by atomic mass is 32.2. The van der Waals surface area contributed by atoms with Gasteiger partial charge in [0.15, 0.2) is 11.7 Å². The molecule has 1 heterocycles. The first kappa shape index (κ1) is 24.7. The molecule has 0 spiro atoms. The Morgan fingerprint density at radius 1 is 1.03 bits per heavy atom. The number of aryl methyl sites for hydroxylation is 1. The van der Waals surface area contributed by atoms with E-state index in [1.807, 2.05) is 12.1 Å². The molecule has 3 aromatic rings. The fourth-order valence-corrected chi connectivity index (χ4v) is 4.92. The van der Waals surface area contributed by atoms with Crippen LogP contribution < -0.4 is 5.32 Å².